The molecule has 0 radical (unpaired) electrons. The van der Waals surface area contributed by atoms with E-state index in [9.17, 15) is 0 Å². The Labute approximate surface area is 714 Å². The second-order valence-corrected chi connectivity index (χ2v) is 31.7. The summed E-state index contributed by atoms with van der Waals surface area (Å²) in [7, 11) is 0. The van der Waals surface area contributed by atoms with E-state index in [1.54, 1.807) is 0 Å². The Kier molecular flexibility index (Phi) is 17.0. The van der Waals surface area contributed by atoms with Crippen molar-refractivity contribution in [1.29, 1.82) is 0 Å². The molecule has 24 aromatic rings. The molecule has 0 unspecified atom stereocenters. The molecule has 24 rings (SSSR count). The van der Waals surface area contributed by atoms with E-state index in [4.69, 9.17) is 29.9 Å². The van der Waals surface area contributed by atoms with Gasteiger partial charge in [-0.1, -0.05) is 315 Å². The monoisotopic (exact) mass is 1580 g/mol. The number of aromatic nitrogens is 10. The van der Waals surface area contributed by atoms with Crippen LogP contribution < -0.4 is 0 Å². The highest BCUT2D eigenvalue weighted by Gasteiger charge is 2.24. The van der Waals surface area contributed by atoms with Crippen LogP contribution in [0.25, 0.3) is 234 Å². The van der Waals surface area contributed by atoms with Gasteiger partial charge in [-0.3, -0.25) is 0 Å². The summed E-state index contributed by atoms with van der Waals surface area (Å²) < 4.78 is 9.60. The zero-order valence-corrected chi connectivity index (χ0v) is 67.0. The molecule has 0 atom stereocenters. The van der Waals surface area contributed by atoms with Gasteiger partial charge in [-0.15, -0.1) is 0 Å². The maximum absolute atomic E-state index is 5.38. The summed E-state index contributed by atoms with van der Waals surface area (Å²) >= 11 is 0. The minimum Gasteiger partial charge on any atom is -0.309 e. The topological polar surface area (TPSA) is 97.1 Å². The Hall–Kier alpha value is -16.8. The lowest BCUT2D eigenvalue weighted by Crippen LogP contribution is -2.00. The number of para-hydroxylation sites is 6. The Morgan fingerprint density at radius 1 is 0.129 bits per heavy atom. The maximum atomic E-state index is 5.38. The minimum absolute atomic E-state index is 0.576. The van der Waals surface area contributed by atoms with E-state index in [2.05, 4.69) is 376 Å². The Morgan fingerprint density at radius 3 is 0.863 bits per heavy atom. The quantitative estimate of drug-likeness (QED) is 0.101. The number of benzene rings is 18. The third-order valence-corrected chi connectivity index (χ3v) is 24.5. The van der Waals surface area contributed by atoms with Crippen molar-refractivity contribution in [3.8, 4) is 147 Å². The molecule has 0 amide bonds. The molecule has 0 aliphatic heterocycles. The van der Waals surface area contributed by atoms with Gasteiger partial charge in [-0.05, 0) is 177 Å². The molecular weight excluding hydrogens is 1510 g/mol. The highest BCUT2D eigenvalue weighted by Crippen LogP contribution is 2.46. The number of nitrogens with zero attached hydrogens (tertiary/aromatic N) is 10. The van der Waals surface area contributed by atoms with Gasteiger partial charge >= 0.3 is 0 Å². The van der Waals surface area contributed by atoms with Crippen LogP contribution in [0.2, 0.25) is 0 Å². The first-order valence-electron chi connectivity index (χ1n) is 42.0. The average Bonchev–Trinajstić information content (AvgIpc) is 1.57. The summed E-state index contributed by atoms with van der Waals surface area (Å²) in [4.78, 5) is 30.9. The maximum Gasteiger partial charge on any atom is 0.164 e. The standard InChI is InChI=1S/C114H72N10/c1-6-25-77(26-7-1)109-115-110(78-27-8-2-9-28-78)117-112(116-109)80-49-45-73(46-50-80)74-53-60-91(61-54-74)124-103-44-23-19-40-96(103)108-97(70-87(72-107(108)124)84-59-66-104-99(69-84)94-39-17-21-42-101(94)121(104)88-33-12-4-13-34-88)76-47-51-81(52-48-76)113-118-111(79-29-10-3-11-30-79)119-114(120-113)86-32-24-31-82(67-86)75-55-62-90(63-56-75)122-102-43-22-18-38-93(102)98-68-83(58-65-105(98)122)85-57-64-95-92-37-16-20-41-100(92)123(106(95)71-85)89-35-14-5-15-36-89/h1-72H. The van der Waals surface area contributed by atoms with Gasteiger partial charge in [0.25, 0.3) is 0 Å². The van der Waals surface area contributed by atoms with E-state index in [-0.39, 0.29) is 0 Å². The van der Waals surface area contributed by atoms with Gasteiger partial charge in [0.1, 0.15) is 0 Å². The molecule has 6 heterocycles. The molecule has 0 N–H and O–H groups in total. The number of hydrogen-bond donors (Lipinski definition) is 0. The summed E-state index contributed by atoms with van der Waals surface area (Å²) in [6, 6.07) is 156. The predicted octanol–water partition coefficient (Wildman–Crippen LogP) is 28.8. The van der Waals surface area contributed by atoms with Gasteiger partial charge in [-0.25, -0.2) is 29.9 Å². The van der Waals surface area contributed by atoms with E-state index in [1.165, 1.54) is 54.5 Å². The molecule has 124 heavy (non-hydrogen) atoms. The van der Waals surface area contributed by atoms with Crippen molar-refractivity contribution in [3.63, 3.8) is 0 Å². The highest BCUT2D eigenvalue weighted by molar-refractivity contribution is 6.18. The molecule has 0 aliphatic carbocycles. The Bertz CT molecular complexity index is 8230. The summed E-state index contributed by atoms with van der Waals surface area (Å²) in [5, 5.41) is 9.56. The Morgan fingerprint density at radius 2 is 0.395 bits per heavy atom. The van der Waals surface area contributed by atoms with Gasteiger partial charge in [0.15, 0.2) is 34.9 Å². The molecule has 0 aliphatic rings. The molecule has 6 aromatic heterocycles. The average molecular weight is 1580 g/mol. The van der Waals surface area contributed by atoms with Crippen molar-refractivity contribution in [3.05, 3.63) is 437 Å². The van der Waals surface area contributed by atoms with Crippen LogP contribution in [0.3, 0.4) is 0 Å². The van der Waals surface area contributed by atoms with Crippen molar-refractivity contribution in [2.45, 2.75) is 0 Å². The summed E-state index contributed by atoms with van der Waals surface area (Å²) in [6.07, 6.45) is 0. The molecule has 18 aromatic carbocycles. The fourth-order valence-corrected chi connectivity index (χ4v) is 18.6. The zero-order valence-electron chi connectivity index (χ0n) is 67.0. The SMILES string of the molecule is c1ccc(-c2nc(-c3ccccc3)nc(-c3ccc(-c4ccc(-n5c6ccccc6c6c(-c7ccc(-c8nc(-c9ccccc9)nc(-c9cccc(-c%10ccc(-n%11c%12ccccc%12c%12cc(-c%13ccc%14c%15ccccc%15n(-c%15ccccc%15)c%14c%13)ccc%12%11)cc%10)c9)n8)cc7)cc(-c7ccc8c(c7)c7ccccc7n8-c7ccccc7)cc65)cc4)cc3)n2)cc1. The largest absolute Gasteiger partial charge is 0.309 e. The van der Waals surface area contributed by atoms with Gasteiger partial charge in [0, 0.05) is 99.2 Å². The Balaban J connectivity index is 0.580. The van der Waals surface area contributed by atoms with E-state index in [1.807, 2.05) is 78.9 Å². The van der Waals surface area contributed by atoms with Crippen molar-refractivity contribution in [2.75, 3.05) is 0 Å². The van der Waals surface area contributed by atoms with Crippen LogP contribution in [0.1, 0.15) is 0 Å². The molecule has 0 saturated carbocycles. The van der Waals surface area contributed by atoms with E-state index < -0.39 is 0 Å². The first kappa shape index (κ1) is 71.3. The van der Waals surface area contributed by atoms with Crippen LogP contribution in [0.4, 0.5) is 0 Å². The van der Waals surface area contributed by atoms with Crippen LogP contribution in [-0.4, -0.2) is 48.2 Å². The molecule has 0 fully saturated rings. The second kappa shape index (κ2) is 29.6. The zero-order chi connectivity index (χ0) is 81.7. The minimum atomic E-state index is 0.576. The number of fused-ring (bicyclic) bond motifs is 12. The fourth-order valence-electron chi connectivity index (χ4n) is 18.6. The van der Waals surface area contributed by atoms with Crippen molar-refractivity contribution in [2.24, 2.45) is 0 Å². The summed E-state index contributed by atoms with van der Waals surface area (Å²) in [5.74, 6) is 3.62. The fraction of sp³-hybridized carbons (Fsp3) is 0. The van der Waals surface area contributed by atoms with Gasteiger partial charge < -0.3 is 18.3 Å². The van der Waals surface area contributed by atoms with Crippen molar-refractivity contribution >= 4 is 87.2 Å². The first-order chi connectivity index (χ1) is 61.4. The van der Waals surface area contributed by atoms with Gasteiger partial charge in [-0.2, -0.15) is 0 Å². The molecule has 578 valence electrons. The third-order valence-electron chi connectivity index (χ3n) is 24.5. The van der Waals surface area contributed by atoms with E-state index in [0.29, 0.717) is 34.9 Å². The second-order valence-electron chi connectivity index (χ2n) is 31.7. The van der Waals surface area contributed by atoms with Gasteiger partial charge in [0.2, 0.25) is 0 Å². The number of rotatable bonds is 15. The smallest absolute Gasteiger partial charge is 0.164 e. The normalized spacial score (nSPS) is 11.7. The van der Waals surface area contributed by atoms with Crippen LogP contribution in [0.5, 0.6) is 0 Å². The molecule has 0 spiro atoms. The van der Waals surface area contributed by atoms with Crippen molar-refractivity contribution < 1.29 is 0 Å². The lowest BCUT2D eigenvalue weighted by molar-refractivity contribution is 1.07. The number of hydrogen-bond acceptors (Lipinski definition) is 6. The van der Waals surface area contributed by atoms with Crippen LogP contribution >= 0.6 is 0 Å². The van der Waals surface area contributed by atoms with E-state index >= 15 is 0 Å². The van der Waals surface area contributed by atoms with Gasteiger partial charge in [0.05, 0.1) is 44.1 Å². The molecule has 10 heteroatoms. The van der Waals surface area contributed by atoms with Crippen molar-refractivity contribution in [1.82, 2.24) is 48.2 Å². The van der Waals surface area contributed by atoms with E-state index in [0.717, 1.165) is 145 Å². The first-order valence-corrected chi connectivity index (χ1v) is 42.0. The molecular formula is C114H72N10. The molecule has 0 saturated heterocycles. The lowest BCUT2D eigenvalue weighted by atomic mass is 9.93. The highest BCUT2D eigenvalue weighted by atomic mass is 15.1. The predicted molar refractivity (Wildman–Crippen MR) is 510 cm³/mol. The summed E-state index contributed by atoms with van der Waals surface area (Å²) in [6.45, 7) is 0. The van der Waals surface area contributed by atoms with Crippen LogP contribution in [0, 0.1) is 0 Å². The molecule has 10 nitrogen and oxygen atoms in total. The van der Waals surface area contributed by atoms with Crippen LogP contribution in [0.15, 0.2) is 437 Å². The van der Waals surface area contributed by atoms with Crippen LogP contribution in [-0.2, 0) is 0 Å². The molecule has 0 bridgehead atoms. The summed E-state index contributed by atoms with van der Waals surface area (Å²) in [5.41, 5.74) is 30.0. The lowest BCUT2D eigenvalue weighted by Gasteiger charge is -2.14. The third kappa shape index (κ3) is 12.3.